The second kappa shape index (κ2) is 11.8. The Balaban J connectivity index is 1.73. The SMILES string of the molecule is CCC(C)N(C)c1nc(-c2c(C)ncnc2C2CC2)nc(C)c1NC(C=O)=NCc1ccc(SC)nc1. The molecule has 0 aliphatic heterocycles. The van der Waals surface area contributed by atoms with Gasteiger partial charge in [-0.2, -0.15) is 0 Å². The van der Waals surface area contributed by atoms with Gasteiger partial charge in [-0.25, -0.2) is 24.9 Å². The third-order valence-corrected chi connectivity index (χ3v) is 7.37. The molecule has 1 atom stereocenters. The van der Waals surface area contributed by atoms with Crippen LogP contribution in [0, 0.1) is 13.8 Å². The molecule has 3 heterocycles. The van der Waals surface area contributed by atoms with E-state index in [-0.39, 0.29) is 11.9 Å². The largest absolute Gasteiger partial charge is 0.355 e. The Hall–Kier alpha value is -3.40. The van der Waals surface area contributed by atoms with Gasteiger partial charge in [0.2, 0.25) is 0 Å². The molecule has 3 aromatic heterocycles. The fourth-order valence-electron chi connectivity index (χ4n) is 4.02. The fraction of sp³-hybridized carbons (Fsp3) is 0.444. The summed E-state index contributed by atoms with van der Waals surface area (Å²) in [5.74, 6) is 1.97. The lowest BCUT2D eigenvalue weighted by Gasteiger charge is -2.28. The Morgan fingerprint density at radius 2 is 2.00 bits per heavy atom. The van der Waals surface area contributed by atoms with E-state index < -0.39 is 0 Å². The van der Waals surface area contributed by atoms with Crippen LogP contribution in [-0.2, 0) is 11.3 Å². The normalized spacial score (nSPS) is 14.4. The number of carbonyl (C=O) groups excluding carboxylic acids is 1. The number of pyridine rings is 1. The summed E-state index contributed by atoms with van der Waals surface area (Å²) in [6.45, 7) is 8.52. The van der Waals surface area contributed by atoms with E-state index in [9.17, 15) is 4.79 Å². The first-order chi connectivity index (χ1) is 17.9. The van der Waals surface area contributed by atoms with Gasteiger partial charge in [-0.3, -0.25) is 9.79 Å². The quantitative estimate of drug-likeness (QED) is 0.172. The van der Waals surface area contributed by atoms with E-state index in [1.807, 2.05) is 39.3 Å². The molecule has 37 heavy (non-hydrogen) atoms. The molecule has 0 amide bonds. The van der Waals surface area contributed by atoms with Crippen LogP contribution >= 0.6 is 11.8 Å². The van der Waals surface area contributed by atoms with E-state index in [1.165, 1.54) is 0 Å². The number of rotatable bonds is 10. The number of aromatic nitrogens is 5. The van der Waals surface area contributed by atoms with E-state index in [1.54, 1.807) is 24.3 Å². The van der Waals surface area contributed by atoms with Crippen molar-refractivity contribution in [1.82, 2.24) is 24.9 Å². The zero-order valence-corrected chi connectivity index (χ0v) is 23.1. The Bertz CT molecular complexity index is 1290. The average Bonchev–Trinajstić information content (AvgIpc) is 3.76. The number of aldehydes is 1. The maximum atomic E-state index is 12.0. The lowest BCUT2D eigenvalue weighted by molar-refractivity contribution is -0.102. The number of hydrogen-bond acceptors (Lipinski definition) is 9. The Kier molecular flexibility index (Phi) is 8.48. The third-order valence-electron chi connectivity index (χ3n) is 6.71. The summed E-state index contributed by atoms with van der Waals surface area (Å²) in [6, 6.07) is 4.14. The Labute approximate surface area is 222 Å². The van der Waals surface area contributed by atoms with Gasteiger partial charge in [0.25, 0.3) is 0 Å². The lowest BCUT2D eigenvalue weighted by Crippen LogP contribution is -2.31. The number of thioether (sulfide) groups is 1. The van der Waals surface area contributed by atoms with Crippen LogP contribution in [0.4, 0.5) is 11.5 Å². The first kappa shape index (κ1) is 26.7. The van der Waals surface area contributed by atoms with Gasteiger partial charge in [0.05, 0.1) is 34.2 Å². The van der Waals surface area contributed by atoms with E-state index in [2.05, 4.69) is 44.0 Å². The molecule has 4 rings (SSSR count). The van der Waals surface area contributed by atoms with Crippen LogP contribution in [0.25, 0.3) is 11.4 Å². The van der Waals surface area contributed by atoms with Crippen LogP contribution in [0.1, 0.15) is 61.7 Å². The Morgan fingerprint density at radius 3 is 2.62 bits per heavy atom. The zero-order chi connectivity index (χ0) is 26.5. The van der Waals surface area contributed by atoms with Crippen molar-refractivity contribution in [3.8, 4) is 11.4 Å². The molecule has 9 nitrogen and oxygen atoms in total. The summed E-state index contributed by atoms with van der Waals surface area (Å²) in [5, 5.41) is 4.16. The first-order valence-corrected chi connectivity index (χ1v) is 13.8. The highest BCUT2D eigenvalue weighted by Crippen LogP contribution is 2.44. The minimum absolute atomic E-state index is 0.213. The number of nitrogens with zero attached hydrogens (tertiary/aromatic N) is 7. The van der Waals surface area contributed by atoms with Crippen LogP contribution in [0.15, 0.2) is 34.7 Å². The smallest absolute Gasteiger partial charge is 0.185 e. The van der Waals surface area contributed by atoms with Crippen LogP contribution in [0.3, 0.4) is 0 Å². The van der Waals surface area contributed by atoms with Crippen LogP contribution in [0.5, 0.6) is 0 Å². The summed E-state index contributed by atoms with van der Waals surface area (Å²) < 4.78 is 0. The van der Waals surface area contributed by atoms with Crippen molar-refractivity contribution in [3.63, 3.8) is 0 Å². The molecule has 1 aliphatic rings. The molecule has 1 aliphatic carbocycles. The monoisotopic (exact) mass is 518 g/mol. The molecule has 0 spiro atoms. The summed E-state index contributed by atoms with van der Waals surface area (Å²) in [7, 11) is 2.01. The molecule has 1 fully saturated rings. The maximum Gasteiger partial charge on any atom is 0.185 e. The number of anilines is 2. The molecule has 0 radical (unpaired) electrons. The second-order valence-corrected chi connectivity index (χ2v) is 10.2. The molecular formula is C27H34N8OS. The molecule has 10 heteroatoms. The van der Waals surface area contributed by atoms with Crippen molar-refractivity contribution >= 4 is 35.4 Å². The van der Waals surface area contributed by atoms with Crippen molar-refractivity contribution in [1.29, 1.82) is 0 Å². The molecule has 0 aromatic carbocycles. The zero-order valence-electron chi connectivity index (χ0n) is 22.3. The summed E-state index contributed by atoms with van der Waals surface area (Å²) >= 11 is 1.58. The summed E-state index contributed by atoms with van der Waals surface area (Å²) in [6.07, 6.45) is 9.29. The van der Waals surface area contributed by atoms with Gasteiger partial charge in [0, 0.05) is 25.2 Å². The van der Waals surface area contributed by atoms with Crippen LogP contribution in [0.2, 0.25) is 0 Å². The lowest BCUT2D eigenvalue weighted by atomic mass is 10.1. The highest BCUT2D eigenvalue weighted by Gasteiger charge is 2.31. The van der Waals surface area contributed by atoms with Crippen molar-refractivity contribution < 1.29 is 4.79 Å². The fourth-order valence-corrected chi connectivity index (χ4v) is 4.39. The first-order valence-electron chi connectivity index (χ1n) is 12.5. The van der Waals surface area contributed by atoms with Gasteiger partial charge < -0.3 is 10.2 Å². The number of nitrogens with one attached hydrogen (secondary N) is 1. The van der Waals surface area contributed by atoms with Crippen molar-refractivity contribution in [2.24, 2.45) is 4.99 Å². The highest BCUT2D eigenvalue weighted by molar-refractivity contribution is 7.98. The number of aryl methyl sites for hydroxylation is 2. The van der Waals surface area contributed by atoms with Crippen molar-refractivity contribution in [2.45, 2.75) is 70.5 Å². The predicted molar refractivity (Wildman–Crippen MR) is 150 cm³/mol. The second-order valence-electron chi connectivity index (χ2n) is 9.35. The van der Waals surface area contributed by atoms with Gasteiger partial charge in [0.1, 0.15) is 12.0 Å². The standard InChI is InChI=1S/C27H34N8OS/c1-7-16(2)35(5)27-24(33-21(14-36)28-12-19-8-11-22(37-6)29-13-19)18(4)32-26(34-27)23-17(3)30-15-31-25(23)20-9-10-20/h8,11,13-16,20H,7,9-10,12H2,1-6H3,(H,28,33). The van der Waals surface area contributed by atoms with E-state index in [0.29, 0.717) is 29.8 Å². The minimum Gasteiger partial charge on any atom is -0.355 e. The van der Waals surface area contributed by atoms with Crippen LogP contribution < -0.4 is 10.2 Å². The summed E-state index contributed by atoms with van der Waals surface area (Å²) in [4.78, 5) is 41.9. The third kappa shape index (κ3) is 6.12. The number of hydrogen-bond donors (Lipinski definition) is 1. The van der Waals surface area contributed by atoms with E-state index in [0.717, 1.165) is 58.8 Å². The van der Waals surface area contributed by atoms with Gasteiger partial charge in [-0.15, -0.1) is 11.8 Å². The average molecular weight is 519 g/mol. The molecule has 1 N–H and O–H groups in total. The van der Waals surface area contributed by atoms with E-state index >= 15 is 0 Å². The number of amidine groups is 1. The molecule has 3 aromatic rings. The highest BCUT2D eigenvalue weighted by atomic mass is 32.2. The predicted octanol–water partition coefficient (Wildman–Crippen LogP) is 4.99. The molecule has 194 valence electrons. The molecule has 1 unspecified atom stereocenters. The topological polar surface area (TPSA) is 109 Å². The van der Waals surface area contributed by atoms with Gasteiger partial charge in [-0.1, -0.05) is 13.0 Å². The van der Waals surface area contributed by atoms with E-state index in [4.69, 9.17) is 9.97 Å². The van der Waals surface area contributed by atoms with Gasteiger partial charge >= 0.3 is 0 Å². The van der Waals surface area contributed by atoms with Crippen molar-refractivity contribution in [3.05, 3.63) is 47.3 Å². The van der Waals surface area contributed by atoms with Crippen LogP contribution in [-0.4, -0.2) is 56.4 Å². The van der Waals surface area contributed by atoms with Crippen molar-refractivity contribution in [2.75, 3.05) is 23.5 Å². The maximum absolute atomic E-state index is 12.0. The molecule has 1 saturated carbocycles. The minimum atomic E-state index is 0.213. The summed E-state index contributed by atoms with van der Waals surface area (Å²) in [5.41, 5.74) is 5.10. The van der Waals surface area contributed by atoms with Gasteiger partial charge in [0.15, 0.2) is 23.8 Å². The number of carbonyl (C=O) groups is 1. The molecule has 0 saturated heterocycles. The number of aliphatic imine (C=N–C) groups is 1. The molecule has 0 bridgehead atoms. The molecular weight excluding hydrogens is 484 g/mol. The van der Waals surface area contributed by atoms with Gasteiger partial charge in [-0.05, 0) is 57.9 Å². The Morgan fingerprint density at radius 1 is 1.22 bits per heavy atom.